The molecule has 0 bridgehead atoms. The summed E-state index contributed by atoms with van der Waals surface area (Å²) >= 11 is 0. The number of likely N-dealkylation sites (N-methyl/N-ethyl adjacent to an activating group) is 1. The van der Waals surface area contributed by atoms with E-state index < -0.39 is 20.0 Å². The van der Waals surface area contributed by atoms with Gasteiger partial charge in [0.2, 0.25) is 20.0 Å². The Morgan fingerprint density at radius 3 is 1.42 bits per heavy atom. The third kappa shape index (κ3) is 9.33. The van der Waals surface area contributed by atoms with Crippen molar-refractivity contribution in [3.63, 3.8) is 0 Å². The van der Waals surface area contributed by atoms with Gasteiger partial charge in [0, 0.05) is 26.2 Å². The van der Waals surface area contributed by atoms with Crippen molar-refractivity contribution in [2.45, 2.75) is 20.8 Å². The molecule has 116 valence electrons. The van der Waals surface area contributed by atoms with Gasteiger partial charge in [-0.05, 0) is 20.4 Å². The largest absolute Gasteiger partial charge is 0.301 e. The first-order valence-corrected chi connectivity index (χ1v) is 9.73. The van der Waals surface area contributed by atoms with E-state index in [-0.39, 0.29) is 11.5 Å². The van der Waals surface area contributed by atoms with Gasteiger partial charge in [-0.3, -0.25) is 0 Å². The number of rotatable bonds is 11. The summed E-state index contributed by atoms with van der Waals surface area (Å²) in [6.07, 6.45) is 0. The zero-order valence-electron chi connectivity index (χ0n) is 11.8. The zero-order valence-corrected chi connectivity index (χ0v) is 13.5. The van der Waals surface area contributed by atoms with Crippen LogP contribution in [-0.4, -0.2) is 66.0 Å². The van der Waals surface area contributed by atoms with E-state index in [0.29, 0.717) is 26.2 Å². The van der Waals surface area contributed by atoms with Crippen LogP contribution in [0.15, 0.2) is 0 Å². The molecular formula is C10H25N3O4S2. The lowest BCUT2D eigenvalue weighted by Crippen LogP contribution is -2.40. The van der Waals surface area contributed by atoms with Crippen molar-refractivity contribution in [3.8, 4) is 0 Å². The minimum Gasteiger partial charge on any atom is -0.301 e. The van der Waals surface area contributed by atoms with Crippen LogP contribution in [0.25, 0.3) is 0 Å². The first-order valence-electron chi connectivity index (χ1n) is 6.43. The summed E-state index contributed by atoms with van der Waals surface area (Å²) in [5.74, 6) is 0.130. The van der Waals surface area contributed by atoms with Gasteiger partial charge in [-0.2, -0.15) is 0 Å². The summed E-state index contributed by atoms with van der Waals surface area (Å²) < 4.78 is 49.9. The SMILES string of the molecule is CCN(CCNS(=O)(=O)CC)CCNS(=O)(=O)CC. The second-order valence-corrected chi connectivity index (χ2v) is 8.22. The van der Waals surface area contributed by atoms with E-state index in [9.17, 15) is 16.8 Å². The van der Waals surface area contributed by atoms with Crippen molar-refractivity contribution >= 4 is 20.0 Å². The molecule has 0 unspecified atom stereocenters. The fourth-order valence-electron chi connectivity index (χ4n) is 1.35. The van der Waals surface area contributed by atoms with E-state index in [1.807, 2.05) is 11.8 Å². The highest BCUT2D eigenvalue weighted by atomic mass is 32.2. The van der Waals surface area contributed by atoms with Crippen LogP contribution < -0.4 is 9.44 Å². The van der Waals surface area contributed by atoms with Crippen molar-refractivity contribution in [2.75, 3.05) is 44.2 Å². The molecule has 0 aliphatic heterocycles. The first kappa shape index (κ1) is 18.8. The molecule has 0 atom stereocenters. The maximum atomic E-state index is 11.2. The fourth-order valence-corrected chi connectivity index (χ4v) is 2.56. The molecule has 0 aliphatic rings. The minimum atomic E-state index is -3.16. The summed E-state index contributed by atoms with van der Waals surface area (Å²) in [5, 5.41) is 0. The summed E-state index contributed by atoms with van der Waals surface area (Å²) in [6.45, 7) is 7.64. The topological polar surface area (TPSA) is 95.6 Å². The number of hydrogen-bond donors (Lipinski definition) is 2. The van der Waals surface area contributed by atoms with Gasteiger partial charge in [0.1, 0.15) is 0 Å². The molecule has 0 heterocycles. The molecule has 0 saturated carbocycles. The maximum absolute atomic E-state index is 11.2. The molecule has 0 aromatic carbocycles. The smallest absolute Gasteiger partial charge is 0.211 e. The van der Waals surface area contributed by atoms with Crippen LogP contribution in [0, 0.1) is 0 Å². The molecule has 0 saturated heterocycles. The third-order valence-corrected chi connectivity index (χ3v) is 5.52. The lowest BCUT2D eigenvalue weighted by molar-refractivity contribution is 0.297. The van der Waals surface area contributed by atoms with E-state index in [1.165, 1.54) is 0 Å². The van der Waals surface area contributed by atoms with E-state index in [1.54, 1.807) is 13.8 Å². The molecule has 2 N–H and O–H groups in total. The van der Waals surface area contributed by atoms with E-state index in [0.717, 1.165) is 6.54 Å². The molecule has 0 fully saturated rings. The van der Waals surface area contributed by atoms with E-state index in [4.69, 9.17) is 0 Å². The molecular weight excluding hydrogens is 290 g/mol. The van der Waals surface area contributed by atoms with Gasteiger partial charge in [-0.15, -0.1) is 0 Å². The maximum Gasteiger partial charge on any atom is 0.211 e. The van der Waals surface area contributed by atoms with Crippen molar-refractivity contribution in [1.82, 2.24) is 14.3 Å². The summed E-state index contributed by atoms with van der Waals surface area (Å²) in [5.41, 5.74) is 0. The lowest BCUT2D eigenvalue weighted by Gasteiger charge is -2.20. The summed E-state index contributed by atoms with van der Waals surface area (Å²) in [4.78, 5) is 1.98. The Kier molecular flexibility index (Phi) is 8.75. The van der Waals surface area contributed by atoms with Crippen molar-refractivity contribution in [2.24, 2.45) is 0 Å². The van der Waals surface area contributed by atoms with E-state index >= 15 is 0 Å². The molecule has 0 amide bonds. The van der Waals surface area contributed by atoms with E-state index in [2.05, 4.69) is 9.44 Å². The average Bonchev–Trinajstić information content (AvgIpc) is 2.36. The molecule has 0 spiro atoms. The molecule has 0 aromatic heterocycles. The second kappa shape index (κ2) is 8.85. The Balaban J connectivity index is 3.97. The number of nitrogens with one attached hydrogen (secondary N) is 2. The second-order valence-electron chi connectivity index (χ2n) is 4.03. The van der Waals surface area contributed by atoms with Crippen LogP contribution in [0.3, 0.4) is 0 Å². The Bertz CT molecular complexity index is 394. The highest BCUT2D eigenvalue weighted by Crippen LogP contribution is 1.89. The van der Waals surface area contributed by atoms with Crippen LogP contribution in [0.5, 0.6) is 0 Å². The molecule has 7 nitrogen and oxygen atoms in total. The fraction of sp³-hybridized carbons (Fsp3) is 1.00. The summed E-state index contributed by atoms with van der Waals surface area (Å²) in [6, 6.07) is 0. The van der Waals surface area contributed by atoms with Crippen LogP contribution in [-0.2, 0) is 20.0 Å². The van der Waals surface area contributed by atoms with Crippen LogP contribution >= 0.6 is 0 Å². The average molecular weight is 315 g/mol. The molecule has 0 radical (unpaired) electrons. The predicted molar refractivity (Wildman–Crippen MR) is 77.0 cm³/mol. The van der Waals surface area contributed by atoms with Crippen molar-refractivity contribution < 1.29 is 16.8 Å². The Morgan fingerprint density at radius 2 is 1.16 bits per heavy atom. The van der Waals surface area contributed by atoms with Crippen LogP contribution in [0.2, 0.25) is 0 Å². The standard InChI is InChI=1S/C10H25N3O4S2/c1-4-13(9-7-11-18(14,15)5-2)10-8-12-19(16,17)6-3/h11-12H,4-10H2,1-3H3. The molecule has 0 aliphatic carbocycles. The third-order valence-electron chi connectivity index (χ3n) is 2.71. The van der Waals surface area contributed by atoms with Gasteiger partial charge in [-0.1, -0.05) is 6.92 Å². The molecule has 0 aromatic rings. The van der Waals surface area contributed by atoms with Gasteiger partial charge in [0.25, 0.3) is 0 Å². The lowest BCUT2D eigenvalue weighted by atomic mass is 10.4. The Hall–Kier alpha value is -0.220. The van der Waals surface area contributed by atoms with Gasteiger partial charge < -0.3 is 4.90 Å². The molecule has 9 heteroatoms. The predicted octanol–water partition coefficient (Wildman–Crippen LogP) is -0.813. The van der Waals surface area contributed by atoms with Gasteiger partial charge in [0.15, 0.2) is 0 Å². The number of nitrogens with zero attached hydrogens (tertiary/aromatic N) is 1. The van der Waals surface area contributed by atoms with Gasteiger partial charge in [0.05, 0.1) is 11.5 Å². The van der Waals surface area contributed by atoms with Crippen LogP contribution in [0.1, 0.15) is 20.8 Å². The quantitative estimate of drug-likeness (QED) is 0.520. The van der Waals surface area contributed by atoms with Gasteiger partial charge >= 0.3 is 0 Å². The molecule has 0 rings (SSSR count). The Labute approximate surface area is 116 Å². The monoisotopic (exact) mass is 315 g/mol. The summed E-state index contributed by atoms with van der Waals surface area (Å²) in [7, 11) is -6.32. The van der Waals surface area contributed by atoms with Crippen LogP contribution in [0.4, 0.5) is 0 Å². The minimum absolute atomic E-state index is 0.0649. The Morgan fingerprint density at radius 1 is 0.789 bits per heavy atom. The van der Waals surface area contributed by atoms with Gasteiger partial charge in [-0.25, -0.2) is 26.3 Å². The number of sulfonamides is 2. The van der Waals surface area contributed by atoms with Crippen molar-refractivity contribution in [3.05, 3.63) is 0 Å². The highest BCUT2D eigenvalue weighted by molar-refractivity contribution is 7.89. The normalized spacial score (nSPS) is 13.1. The zero-order chi connectivity index (χ0) is 14.9. The first-order chi connectivity index (χ1) is 8.76. The van der Waals surface area contributed by atoms with Crippen molar-refractivity contribution in [1.29, 1.82) is 0 Å². The highest BCUT2D eigenvalue weighted by Gasteiger charge is 2.09. The number of hydrogen-bond acceptors (Lipinski definition) is 5. The molecule has 19 heavy (non-hydrogen) atoms.